The Kier molecular flexibility index (Phi) is 4.38. The summed E-state index contributed by atoms with van der Waals surface area (Å²) in [4.78, 5) is 15.6. The average Bonchev–Trinajstić information content (AvgIpc) is 2.91. The van der Waals surface area contributed by atoms with Crippen molar-refractivity contribution >= 4 is 46.1 Å². The Labute approximate surface area is 137 Å². The standard InChI is InChI=1S/C15H14Cl2N2OS/c16-11-5-12(17)7-13(6-11)18-8-15(20)19-3-1-14-10(9-19)2-4-21-14/h2,4-7,18H,1,3,8-9H2. The Bertz CT molecular complexity index is 651. The van der Waals surface area contributed by atoms with Crippen LogP contribution < -0.4 is 5.32 Å². The van der Waals surface area contributed by atoms with Crippen LogP contribution in [-0.2, 0) is 17.8 Å². The van der Waals surface area contributed by atoms with Crippen molar-refractivity contribution in [2.24, 2.45) is 0 Å². The number of nitrogens with one attached hydrogen (secondary N) is 1. The van der Waals surface area contributed by atoms with Gasteiger partial charge >= 0.3 is 0 Å². The van der Waals surface area contributed by atoms with Crippen LogP contribution in [0, 0.1) is 0 Å². The number of hydrogen-bond donors (Lipinski definition) is 1. The first-order valence-corrected chi connectivity index (χ1v) is 8.28. The monoisotopic (exact) mass is 340 g/mol. The summed E-state index contributed by atoms with van der Waals surface area (Å²) in [5, 5.41) is 6.28. The van der Waals surface area contributed by atoms with Crippen molar-refractivity contribution in [1.29, 1.82) is 0 Å². The summed E-state index contributed by atoms with van der Waals surface area (Å²) in [7, 11) is 0. The molecule has 0 fully saturated rings. The van der Waals surface area contributed by atoms with Gasteiger partial charge in [-0.2, -0.15) is 0 Å². The zero-order valence-electron chi connectivity index (χ0n) is 11.2. The van der Waals surface area contributed by atoms with Gasteiger partial charge in [0, 0.05) is 33.7 Å². The Morgan fingerprint density at radius 3 is 2.81 bits per heavy atom. The molecule has 3 rings (SSSR count). The molecule has 2 heterocycles. The fourth-order valence-electron chi connectivity index (χ4n) is 2.41. The molecule has 1 aliphatic rings. The zero-order valence-corrected chi connectivity index (χ0v) is 13.6. The lowest BCUT2D eigenvalue weighted by Gasteiger charge is -2.27. The number of rotatable bonds is 3. The van der Waals surface area contributed by atoms with Crippen molar-refractivity contribution in [2.45, 2.75) is 13.0 Å². The Morgan fingerprint density at radius 1 is 1.29 bits per heavy atom. The molecule has 1 aliphatic heterocycles. The van der Waals surface area contributed by atoms with Gasteiger partial charge in [0.15, 0.2) is 0 Å². The third kappa shape index (κ3) is 3.51. The Morgan fingerprint density at radius 2 is 2.05 bits per heavy atom. The highest BCUT2D eigenvalue weighted by molar-refractivity contribution is 7.10. The largest absolute Gasteiger partial charge is 0.376 e. The molecule has 3 nitrogen and oxygen atoms in total. The Balaban J connectivity index is 1.60. The van der Waals surface area contributed by atoms with Crippen molar-refractivity contribution in [3.63, 3.8) is 0 Å². The maximum absolute atomic E-state index is 12.3. The number of nitrogens with zero attached hydrogens (tertiary/aromatic N) is 1. The second-order valence-electron chi connectivity index (χ2n) is 4.95. The molecular formula is C15H14Cl2N2OS. The third-order valence-electron chi connectivity index (χ3n) is 3.47. The van der Waals surface area contributed by atoms with E-state index in [1.807, 2.05) is 4.90 Å². The van der Waals surface area contributed by atoms with E-state index in [2.05, 4.69) is 16.8 Å². The number of amides is 1. The van der Waals surface area contributed by atoms with E-state index in [-0.39, 0.29) is 12.5 Å². The predicted molar refractivity (Wildman–Crippen MR) is 88.4 cm³/mol. The number of anilines is 1. The van der Waals surface area contributed by atoms with Gasteiger partial charge in [-0.1, -0.05) is 23.2 Å². The summed E-state index contributed by atoms with van der Waals surface area (Å²) in [6.45, 7) is 1.73. The van der Waals surface area contributed by atoms with Crippen LogP contribution in [0.15, 0.2) is 29.6 Å². The van der Waals surface area contributed by atoms with Gasteiger partial charge in [-0.25, -0.2) is 0 Å². The van der Waals surface area contributed by atoms with Gasteiger partial charge in [-0.15, -0.1) is 11.3 Å². The maximum atomic E-state index is 12.3. The molecule has 0 saturated heterocycles. The topological polar surface area (TPSA) is 32.3 Å². The molecule has 0 spiro atoms. The van der Waals surface area contributed by atoms with Gasteiger partial charge < -0.3 is 10.2 Å². The van der Waals surface area contributed by atoms with Crippen LogP contribution in [0.2, 0.25) is 10.0 Å². The van der Waals surface area contributed by atoms with Crippen molar-refractivity contribution < 1.29 is 4.79 Å². The second kappa shape index (κ2) is 6.26. The number of halogens is 2. The number of thiophene rings is 1. The van der Waals surface area contributed by atoms with Crippen molar-refractivity contribution in [2.75, 3.05) is 18.4 Å². The predicted octanol–water partition coefficient (Wildman–Crippen LogP) is 4.05. The van der Waals surface area contributed by atoms with Crippen LogP contribution in [0.5, 0.6) is 0 Å². The summed E-state index contributed by atoms with van der Waals surface area (Å²) in [6.07, 6.45) is 0.946. The zero-order chi connectivity index (χ0) is 14.8. The van der Waals surface area contributed by atoms with Crippen LogP contribution in [0.4, 0.5) is 5.69 Å². The minimum absolute atomic E-state index is 0.0861. The highest BCUT2D eigenvalue weighted by Gasteiger charge is 2.21. The molecule has 0 atom stereocenters. The molecule has 1 N–H and O–H groups in total. The summed E-state index contributed by atoms with van der Waals surface area (Å²) in [5.74, 6) is 0.0861. The normalized spacial score (nSPS) is 13.9. The van der Waals surface area contributed by atoms with E-state index in [9.17, 15) is 4.79 Å². The third-order valence-corrected chi connectivity index (χ3v) is 4.93. The molecule has 1 aromatic carbocycles. The number of carbonyl (C=O) groups excluding carboxylic acids is 1. The second-order valence-corrected chi connectivity index (χ2v) is 6.82. The first kappa shape index (κ1) is 14.7. The fraction of sp³-hybridized carbons (Fsp3) is 0.267. The molecule has 1 amide bonds. The number of hydrogen-bond acceptors (Lipinski definition) is 3. The van der Waals surface area contributed by atoms with Gasteiger partial charge in [-0.3, -0.25) is 4.79 Å². The lowest BCUT2D eigenvalue weighted by molar-refractivity contribution is -0.130. The van der Waals surface area contributed by atoms with Crippen molar-refractivity contribution in [3.05, 3.63) is 50.1 Å². The lowest BCUT2D eigenvalue weighted by Crippen LogP contribution is -2.38. The molecule has 110 valence electrons. The smallest absolute Gasteiger partial charge is 0.242 e. The van der Waals surface area contributed by atoms with Gasteiger partial charge in [0.25, 0.3) is 0 Å². The quantitative estimate of drug-likeness (QED) is 0.913. The molecule has 0 unspecified atom stereocenters. The first-order valence-electron chi connectivity index (χ1n) is 6.65. The van der Waals surface area contributed by atoms with Crippen LogP contribution in [0.25, 0.3) is 0 Å². The minimum atomic E-state index is 0.0861. The van der Waals surface area contributed by atoms with E-state index in [4.69, 9.17) is 23.2 Å². The van der Waals surface area contributed by atoms with Gasteiger partial charge in [0.05, 0.1) is 6.54 Å². The fourth-order valence-corrected chi connectivity index (χ4v) is 3.82. The molecule has 0 radical (unpaired) electrons. The molecule has 1 aromatic heterocycles. The van der Waals surface area contributed by atoms with Crippen LogP contribution in [0.1, 0.15) is 10.4 Å². The van der Waals surface area contributed by atoms with Gasteiger partial charge in [0.1, 0.15) is 0 Å². The molecule has 0 saturated carbocycles. The van der Waals surface area contributed by atoms with E-state index in [0.29, 0.717) is 16.6 Å². The van der Waals surface area contributed by atoms with E-state index in [0.717, 1.165) is 18.7 Å². The van der Waals surface area contributed by atoms with E-state index < -0.39 is 0 Å². The summed E-state index contributed by atoms with van der Waals surface area (Å²) < 4.78 is 0. The average molecular weight is 341 g/mol. The maximum Gasteiger partial charge on any atom is 0.242 e. The number of carbonyl (C=O) groups is 1. The molecule has 6 heteroatoms. The van der Waals surface area contributed by atoms with Crippen LogP contribution in [-0.4, -0.2) is 23.9 Å². The molecule has 21 heavy (non-hydrogen) atoms. The summed E-state index contributed by atoms with van der Waals surface area (Å²) in [6, 6.07) is 7.28. The van der Waals surface area contributed by atoms with E-state index in [1.54, 1.807) is 29.5 Å². The molecular weight excluding hydrogens is 327 g/mol. The molecule has 0 bridgehead atoms. The van der Waals surface area contributed by atoms with Crippen molar-refractivity contribution in [3.8, 4) is 0 Å². The van der Waals surface area contributed by atoms with Gasteiger partial charge in [-0.05, 0) is 41.6 Å². The van der Waals surface area contributed by atoms with E-state index in [1.165, 1.54) is 10.4 Å². The molecule has 0 aliphatic carbocycles. The summed E-state index contributed by atoms with van der Waals surface area (Å²) >= 11 is 13.6. The van der Waals surface area contributed by atoms with Crippen molar-refractivity contribution in [1.82, 2.24) is 4.90 Å². The lowest BCUT2D eigenvalue weighted by atomic mass is 10.1. The van der Waals surface area contributed by atoms with Crippen LogP contribution >= 0.6 is 34.5 Å². The number of fused-ring (bicyclic) bond motifs is 1. The van der Waals surface area contributed by atoms with E-state index >= 15 is 0 Å². The molecule has 2 aromatic rings. The minimum Gasteiger partial charge on any atom is -0.376 e. The highest BCUT2D eigenvalue weighted by atomic mass is 35.5. The number of benzene rings is 1. The SMILES string of the molecule is O=C(CNc1cc(Cl)cc(Cl)c1)N1CCc2sccc2C1. The van der Waals surface area contributed by atoms with Gasteiger partial charge in [0.2, 0.25) is 5.91 Å². The van der Waals surface area contributed by atoms with Crippen LogP contribution in [0.3, 0.4) is 0 Å². The first-order chi connectivity index (χ1) is 10.1. The highest BCUT2D eigenvalue weighted by Crippen LogP contribution is 2.25. The Hall–Kier alpha value is -1.23. The summed E-state index contributed by atoms with van der Waals surface area (Å²) in [5.41, 5.74) is 2.03.